The van der Waals surface area contributed by atoms with Crippen LogP contribution in [0, 0.1) is 6.92 Å². The van der Waals surface area contributed by atoms with Gasteiger partial charge in [0.25, 0.3) is 0 Å². The summed E-state index contributed by atoms with van der Waals surface area (Å²) >= 11 is 5.23. The number of hydrogen-bond donors (Lipinski definition) is 2. The van der Waals surface area contributed by atoms with Crippen LogP contribution in [0.25, 0.3) is 0 Å². The van der Waals surface area contributed by atoms with Crippen molar-refractivity contribution in [3.8, 4) is 0 Å². The lowest BCUT2D eigenvalue weighted by Gasteiger charge is -2.38. The Bertz CT molecular complexity index is 375. The summed E-state index contributed by atoms with van der Waals surface area (Å²) in [5.41, 5.74) is 2.20. The number of nitrogens with zero attached hydrogens (tertiary/aromatic N) is 1. The van der Waals surface area contributed by atoms with Crippen molar-refractivity contribution >= 4 is 23.0 Å². The van der Waals surface area contributed by atoms with E-state index in [2.05, 4.69) is 5.32 Å². The fourth-order valence-corrected chi connectivity index (χ4v) is 1.79. The molecular weight excluding hydrogens is 208 g/mol. The molecule has 1 heterocycles. The lowest BCUT2D eigenvalue weighted by atomic mass is 10.2. The summed E-state index contributed by atoms with van der Waals surface area (Å²) < 4.78 is 0. The van der Waals surface area contributed by atoms with E-state index in [1.165, 1.54) is 5.56 Å². The number of anilines is 1. The molecule has 0 amide bonds. The van der Waals surface area contributed by atoms with Crippen LogP contribution in [0.15, 0.2) is 24.3 Å². The predicted octanol–water partition coefficient (Wildman–Crippen LogP) is 1.37. The van der Waals surface area contributed by atoms with E-state index in [1.807, 2.05) is 36.1 Å². The average Bonchev–Trinajstić information content (AvgIpc) is 2.17. The van der Waals surface area contributed by atoms with Crippen LogP contribution < -0.4 is 5.32 Å². The van der Waals surface area contributed by atoms with Crippen LogP contribution in [-0.4, -0.2) is 34.3 Å². The van der Waals surface area contributed by atoms with Crippen molar-refractivity contribution in [3.63, 3.8) is 0 Å². The second-order valence-electron chi connectivity index (χ2n) is 3.80. The van der Waals surface area contributed by atoms with Gasteiger partial charge in [-0.2, -0.15) is 0 Å². The third-order valence-corrected chi connectivity index (χ3v) is 2.90. The molecule has 4 heteroatoms. The van der Waals surface area contributed by atoms with E-state index in [-0.39, 0.29) is 6.10 Å². The topological polar surface area (TPSA) is 35.5 Å². The summed E-state index contributed by atoms with van der Waals surface area (Å²) in [6, 6.07) is 8.01. The molecule has 0 bridgehead atoms. The van der Waals surface area contributed by atoms with Gasteiger partial charge in [0.2, 0.25) is 0 Å². The van der Waals surface area contributed by atoms with Crippen molar-refractivity contribution in [2.75, 3.05) is 18.4 Å². The van der Waals surface area contributed by atoms with Crippen LogP contribution in [0.2, 0.25) is 0 Å². The zero-order valence-electron chi connectivity index (χ0n) is 8.60. The van der Waals surface area contributed by atoms with Crippen molar-refractivity contribution < 1.29 is 5.11 Å². The smallest absolute Gasteiger partial charge is 0.173 e. The number of para-hydroxylation sites is 1. The van der Waals surface area contributed by atoms with Gasteiger partial charge in [0.15, 0.2) is 5.11 Å². The van der Waals surface area contributed by atoms with Gasteiger partial charge in [0.05, 0.1) is 6.10 Å². The summed E-state index contributed by atoms with van der Waals surface area (Å²) in [6.07, 6.45) is -0.221. The number of aryl methyl sites for hydroxylation is 1. The third kappa shape index (κ3) is 2.27. The molecule has 0 spiro atoms. The van der Waals surface area contributed by atoms with Crippen molar-refractivity contribution in [3.05, 3.63) is 29.8 Å². The van der Waals surface area contributed by atoms with E-state index in [9.17, 15) is 0 Å². The second kappa shape index (κ2) is 4.16. The van der Waals surface area contributed by atoms with E-state index in [0.29, 0.717) is 18.2 Å². The highest BCUT2D eigenvalue weighted by Gasteiger charge is 2.26. The molecule has 1 fully saturated rings. The van der Waals surface area contributed by atoms with E-state index < -0.39 is 0 Å². The highest BCUT2D eigenvalue weighted by molar-refractivity contribution is 7.80. The highest BCUT2D eigenvalue weighted by Crippen LogP contribution is 2.16. The van der Waals surface area contributed by atoms with E-state index >= 15 is 0 Å². The minimum absolute atomic E-state index is 0.221. The summed E-state index contributed by atoms with van der Waals surface area (Å²) in [6.45, 7) is 3.31. The van der Waals surface area contributed by atoms with Gasteiger partial charge in [0.1, 0.15) is 0 Å². The average molecular weight is 222 g/mol. The summed E-state index contributed by atoms with van der Waals surface area (Å²) in [5.74, 6) is 0. The summed E-state index contributed by atoms with van der Waals surface area (Å²) in [7, 11) is 0. The Morgan fingerprint density at radius 2 is 2.13 bits per heavy atom. The molecule has 0 aromatic heterocycles. The fourth-order valence-electron chi connectivity index (χ4n) is 1.53. The zero-order valence-corrected chi connectivity index (χ0v) is 9.42. The molecule has 1 aliphatic heterocycles. The van der Waals surface area contributed by atoms with Gasteiger partial charge in [-0.1, -0.05) is 18.2 Å². The molecule has 0 saturated carbocycles. The maximum absolute atomic E-state index is 9.16. The molecule has 2 N–H and O–H groups in total. The standard InChI is InChI=1S/C11H14N2OS/c1-8-4-2-3-5-10(8)12-11(15)13-6-9(14)7-13/h2-5,9,14H,6-7H2,1H3,(H,12,15). The van der Waals surface area contributed by atoms with E-state index in [4.69, 9.17) is 17.3 Å². The van der Waals surface area contributed by atoms with Gasteiger partial charge < -0.3 is 15.3 Å². The van der Waals surface area contributed by atoms with Gasteiger partial charge >= 0.3 is 0 Å². The minimum atomic E-state index is -0.221. The number of aliphatic hydroxyl groups is 1. The van der Waals surface area contributed by atoms with E-state index in [0.717, 1.165) is 5.69 Å². The van der Waals surface area contributed by atoms with Gasteiger partial charge in [0, 0.05) is 18.8 Å². The molecule has 1 saturated heterocycles. The van der Waals surface area contributed by atoms with Crippen LogP contribution >= 0.6 is 12.2 Å². The number of hydrogen-bond acceptors (Lipinski definition) is 2. The molecule has 0 atom stereocenters. The largest absolute Gasteiger partial charge is 0.389 e. The Balaban J connectivity index is 1.97. The molecule has 0 unspecified atom stereocenters. The maximum atomic E-state index is 9.16. The number of aliphatic hydroxyl groups excluding tert-OH is 1. The molecule has 80 valence electrons. The van der Waals surface area contributed by atoms with Crippen molar-refractivity contribution in [2.24, 2.45) is 0 Å². The van der Waals surface area contributed by atoms with Crippen molar-refractivity contribution in [1.82, 2.24) is 4.90 Å². The molecule has 0 radical (unpaired) electrons. The van der Waals surface area contributed by atoms with Crippen LogP contribution in [0.1, 0.15) is 5.56 Å². The Kier molecular flexibility index (Phi) is 2.88. The third-order valence-electron chi connectivity index (χ3n) is 2.54. The highest BCUT2D eigenvalue weighted by atomic mass is 32.1. The van der Waals surface area contributed by atoms with E-state index in [1.54, 1.807) is 0 Å². The number of likely N-dealkylation sites (tertiary alicyclic amines) is 1. The quantitative estimate of drug-likeness (QED) is 0.704. The van der Waals surface area contributed by atoms with Gasteiger partial charge in [-0.05, 0) is 30.8 Å². The molecule has 15 heavy (non-hydrogen) atoms. The van der Waals surface area contributed by atoms with Crippen LogP contribution in [0.3, 0.4) is 0 Å². The first-order chi connectivity index (χ1) is 7.16. The zero-order chi connectivity index (χ0) is 10.8. The first kappa shape index (κ1) is 10.4. The molecular formula is C11H14N2OS. The Labute approximate surface area is 94.7 Å². The lowest BCUT2D eigenvalue weighted by Crippen LogP contribution is -2.54. The first-order valence-electron chi connectivity index (χ1n) is 4.96. The number of rotatable bonds is 1. The molecule has 1 aliphatic rings. The maximum Gasteiger partial charge on any atom is 0.173 e. The van der Waals surface area contributed by atoms with Crippen LogP contribution in [0.5, 0.6) is 0 Å². The number of nitrogens with one attached hydrogen (secondary N) is 1. The Morgan fingerprint density at radius 3 is 2.73 bits per heavy atom. The van der Waals surface area contributed by atoms with Crippen LogP contribution in [-0.2, 0) is 0 Å². The Hall–Kier alpha value is -1.13. The molecule has 3 nitrogen and oxygen atoms in total. The molecule has 0 aliphatic carbocycles. The summed E-state index contributed by atoms with van der Waals surface area (Å²) in [4.78, 5) is 1.95. The second-order valence-corrected chi connectivity index (χ2v) is 4.19. The molecule has 1 aromatic carbocycles. The fraction of sp³-hybridized carbons (Fsp3) is 0.364. The molecule has 2 rings (SSSR count). The number of benzene rings is 1. The Morgan fingerprint density at radius 1 is 1.47 bits per heavy atom. The number of β-amino-alcohol motifs (C(OH)–C–C–N with tert-alkyl or cyclic N) is 1. The van der Waals surface area contributed by atoms with Crippen LogP contribution in [0.4, 0.5) is 5.69 Å². The van der Waals surface area contributed by atoms with Gasteiger partial charge in [-0.15, -0.1) is 0 Å². The summed E-state index contributed by atoms with van der Waals surface area (Å²) in [5, 5.41) is 13.0. The normalized spacial score (nSPS) is 16.0. The lowest BCUT2D eigenvalue weighted by molar-refractivity contribution is 0.0482. The first-order valence-corrected chi connectivity index (χ1v) is 5.37. The predicted molar refractivity (Wildman–Crippen MR) is 65.0 cm³/mol. The van der Waals surface area contributed by atoms with Crippen molar-refractivity contribution in [1.29, 1.82) is 0 Å². The number of thiocarbonyl (C=S) groups is 1. The van der Waals surface area contributed by atoms with Gasteiger partial charge in [-0.3, -0.25) is 0 Å². The molecule has 1 aromatic rings. The van der Waals surface area contributed by atoms with Crippen molar-refractivity contribution in [2.45, 2.75) is 13.0 Å². The van der Waals surface area contributed by atoms with Gasteiger partial charge in [-0.25, -0.2) is 0 Å². The SMILES string of the molecule is Cc1ccccc1NC(=S)N1CC(O)C1. The minimum Gasteiger partial charge on any atom is -0.389 e. The monoisotopic (exact) mass is 222 g/mol.